The predicted octanol–water partition coefficient (Wildman–Crippen LogP) is 2.69. The largest absolute Gasteiger partial charge is 0.262 e. The van der Waals surface area contributed by atoms with Crippen LogP contribution in [-0.4, -0.2) is 24.8 Å². The molecule has 0 aliphatic heterocycles. The standard InChI is InChI=1S/C10H14Br2N2O2S/c1-8(3-2-4-11)14-17(15,16)10-5-9(12)6-13-7-10/h5-8,14H,2-4H2,1H3. The zero-order valence-corrected chi connectivity index (χ0v) is 13.3. The lowest BCUT2D eigenvalue weighted by Crippen LogP contribution is -2.32. The van der Waals surface area contributed by atoms with Crippen LogP contribution >= 0.6 is 31.9 Å². The van der Waals surface area contributed by atoms with Crippen LogP contribution in [0.1, 0.15) is 19.8 Å². The molecule has 0 bridgehead atoms. The fourth-order valence-corrected chi connectivity index (χ4v) is 3.42. The Morgan fingerprint density at radius 2 is 2.18 bits per heavy atom. The van der Waals surface area contributed by atoms with E-state index in [9.17, 15) is 8.42 Å². The second-order valence-electron chi connectivity index (χ2n) is 3.69. The zero-order chi connectivity index (χ0) is 12.9. The molecule has 1 atom stereocenters. The second kappa shape index (κ2) is 6.82. The molecule has 0 saturated carbocycles. The summed E-state index contributed by atoms with van der Waals surface area (Å²) in [5.74, 6) is 0. The van der Waals surface area contributed by atoms with E-state index in [0.717, 1.165) is 18.2 Å². The highest BCUT2D eigenvalue weighted by molar-refractivity contribution is 9.10. The monoisotopic (exact) mass is 384 g/mol. The number of halogens is 2. The molecule has 1 heterocycles. The van der Waals surface area contributed by atoms with E-state index in [-0.39, 0.29) is 10.9 Å². The first-order valence-corrected chi connectivity index (χ1v) is 8.54. The Balaban J connectivity index is 2.75. The van der Waals surface area contributed by atoms with Crippen molar-refractivity contribution in [3.05, 3.63) is 22.9 Å². The molecule has 0 aliphatic rings. The molecule has 1 aromatic heterocycles. The van der Waals surface area contributed by atoms with E-state index in [4.69, 9.17) is 0 Å². The predicted molar refractivity (Wildman–Crippen MR) is 74.7 cm³/mol. The number of hydrogen-bond acceptors (Lipinski definition) is 3. The molecule has 1 rings (SSSR count). The quantitative estimate of drug-likeness (QED) is 0.765. The molecule has 0 fully saturated rings. The first-order valence-electron chi connectivity index (χ1n) is 5.14. The molecule has 17 heavy (non-hydrogen) atoms. The highest BCUT2D eigenvalue weighted by atomic mass is 79.9. The molecule has 0 amide bonds. The van der Waals surface area contributed by atoms with Crippen LogP contribution < -0.4 is 4.72 Å². The summed E-state index contributed by atoms with van der Waals surface area (Å²) in [6.45, 7) is 1.85. The van der Waals surface area contributed by atoms with E-state index in [1.807, 2.05) is 6.92 Å². The lowest BCUT2D eigenvalue weighted by Gasteiger charge is -2.13. The molecule has 0 aliphatic carbocycles. The normalized spacial score (nSPS) is 13.6. The fraction of sp³-hybridized carbons (Fsp3) is 0.500. The van der Waals surface area contributed by atoms with E-state index in [2.05, 4.69) is 41.6 Å². The molecule has 4 nitrogen and oxygen atoms in total. The highest BCUT2D eigenvalue weighted by Crippen LogP contribution is 2.15. The minimum atomic E-state index is -3.47. The van der Waals surface area contributed by atoms with Gasteiger partial charge in [0.25, 0.3) is 0 Å². The smallest absolute Gasteiger partial charge is 0.242 e. The van der Waals surface area contributed by atoms with Gasteiger partial charge in [-0.1, -0.05) is 15.9 Å². The minimum Gasteiger partial charge on any atom is -0.262 e. The van der Waals surface area contributed by atoms with Crippen molar-refractivity contribution < 1.29 is 8.42 Å². The number of aromatic nitrogens is 1. The lowest BCUT2D eigenvalue weighted by atomic mass is 10.2. The van der Waals surface area contributed by atoms with Gasteiger partial charge in [0.1, 0.15) is 4.90 Å². The zero-order valence-electron chi connectivity index (χ0n) is 9.36. The average Bonchev–Trinajstić information content (AvgIpc) is 2.26. The molecule has 1 unspecified atom stereocenters. The number of alkyl halides is 1. The van der Waals surface area contributed by atoms with Crippen LogP contribution in [0.5, 0.6) is 0 Å². The topological polar surface area (TPSA) is 59.1 Å². The van der Waals surface area contributed by atoms with E-state index < -0.39 is 10.0 Å². The van der Waals surface area contributed by atoms with Crippen LogP contribution in [0.4, 0.5) is 0 Å². The number of hydrogen-bond donors (Lipinski definition) is 1. The van der Waals surface area contributed by atoms with Crippen LogP contribution in [0, 0.1) is 0 Å². The third-order valence-corrected chi connectivity index (χ3v) is 4.67. The van der Waals surface area contributed by atoms with Gasteiger partial charge in [0.05, 0.1) is 0 Å². The average molecular weight is 386 g/mol. The highest BCUT2D eigenvalue weighted by Gasteiger charge is 2.17. The maximum Gasteiger partial charge on any atom is 0.242 e. The SMILES string of the molecule is CC(CCCBr)NS(=O)(=O)c1cncc(Br)c1. The third kappa shape index (κ3) is 5.03. The van der Waals surface area contributed by atoms with Gasteiger partial charge >= 0.3 is 0 Å². The van der Waals surface area contributed by atoms with Gasteiger partial charge in [-0.05, 0) is 41.8 Å². The van der Waals surface area contributed by atoms with Crippen LogP contribution in [-0.2, 0) is 10.0 Å². The number of nitrogens with zero attached hydrogens (tertiary/aromatic N) is 1. The van der Waals surface area contributed by atoms with Crippen molar-refractivity contribution in [3.63, 3.8) is 0 Å². The Labute approximate surface area is 119 Å². The van der Waals surface area contributed by atoms with Gasteiger partial charge in [-0.25, -0.2) is 13.1 Å². The van der Waals surface area contributed by atoms with Gasteiger partial charge in [0, 0.05) is 28.2 Å². The van der Waals surface area contributed by atoms with Gasteiger partial charge in [-0.15, -0.1) is 0 Å². The molecule has 96 valence electrons. The Morgan fingerprint density at radius 1 is 1.47 bits per heavy atom. The van der Waals surface area contributed by atoms with E-state index in [0.29, 0.717) is 4.47 Å². The van der Waals surface area contributed by atoms with Gasteiger partial charge in [0.15, 0.2) is 0 Å². The van der Waals surface area contributed by atoms with Crippen molar-refractivity contribution in [2.24, 2.45) is 0 Å². The van der Waals surface area contributed by atoms with E-state index in [1.54, 1.807) is 6.20 Å². The van der Waals surface area contributed by atoms with Crippen LogP contribution in [0.25, 0.3) is 0 Å². The molecular formula is C10H14Br2N2O2S. The summed E-state index contributed by atoms with van der Waals surface area (Å²) < 4.78 is 27.2. The van der Waals surface area contributed by atoms with Gasteiger partial charge < -0.3 is 0 Å². The number of rotatable bonds is 6. The summed E-state index contributed by atoms with van der Waals surface area (Å²) in [7, 11) is -3.47. The molecule has 0 spiro atoms. The number of nitrogens with one attached hydrogen (secondary N) is 1. The molecule has 1 N–H and O–H groups in total. The summed E-state index contributed by atoms with van der Waals surface area (Å²) in [6.07, 6.45) is 4.61. The summed E-state index contributed by atoms with van der Waals surface area (Å²) in [4.78, 5) is 4.02. The Kier molecular flexibility index (Phi) is 6.05. The van der Waals surface area contributed by atoms with Crippen LogP contribution in [0.2, 0.25) is 0 Å². The van der Waals surface area contributed by atoms with E-state index in [1.165, 1.54) is 12.3 Å². The summed E-state index contributed by atoms with van der Waals surface area (Å²) in [5.41, 5.74) is 0. The van der Waals surface area contributed by atoms with Crippen molar-refractivity contribution in [3.8, 4) is 0 Å². The molecular weight excluding hydrogens is 372 g/mol. The van der Waals surface area contributed by atoms with Crippen molar-refractivity contribution in [2.45, 2.75) is 30.7 Å². The van der Waals surface area contributed by atoms with Crippen LogP contribution in [0.3, 0.4) is 0 Å². The Morgan fingerprint density at radius 3 is 2.76 bits per heavy atom. The molecule has 0 saturated heterocycles. The van der Waals surface area contributed by atoms with Crippen molar-refractivity contribution in [2.75, 3.05) is 5.33 Å². The molecule has 0 radical (unpaired) electrons. The van der Waals surface area contributed by atoms with Gasteiger partial charge in [-0.2, -0.15) is 0 Å². The second-order valence-corrected chi connectivity index (χ2v) is 7.12. The summed E-state index contributed by atoms with van der Waals surface area (Å²) >= 11 is 6.52. The van der Waals surface area contributed by atoms with Gasteiger partial charge in [0.2, 0.25) is 10.0 Å². The van der Waals surface area contributed by atoms with Crippen LogP contribution in [0.15, 0.2) is 27.8 Å². The third-order valence-electron chi connectivity index (χ3n) is 2.12. The molecule has 7 heteroatoms. The number of sulfonamides is 1. The Hall–Kier alpha value is 0.0200. The van der Waals surface area contributed by atoms with Crippen molar-refractivity contribution in [1.29, 1.82) is 0 Å². The number of pyridine rings is 1. The maximum absolute atomic E-state index is 12.0. The first kappa shape index (κ1) is 15.1. The summed E-state index contributed by atoms with van der Waals surface area (Å²) in [6, 6.07) is 1.45. The fourth-order valence-electron chi connectivity index (χ4n) is 1.31. The summed E-state index contributed by atoms with van der Waals surface area (Å²) in [5, 5.41) is 0.873. The van der Waals surface area contributed by atoms with Gasteiger partial charge in [-0.3, -0.25) is 4.98 Å². The molecule has 0 aromatic carbocycles. The Bertz CT molecular complexity index is 465. The maximum atomic E-state index is 12.0. The lowest BCUT2D eigenvalue weighted by molar-refractivity contribution is 0.545. The van der Waals surface area contributed by atoms with Crippen molar-refractivity contribution in [1.82, 2.24) is 9.71 Å². The van der Waals surface area contributed by atoms with Crippen molar-refractivity contribution >= 4 is 41.9 Å². The molecule has 1 aromatic rings. The van der Waals surface area contributed by atoms with E-state index >= 15 is 0 Å². The first-order chi connectivity index (χ1) is 7.95. The minimum absolute atomic E-state index is 0.0865.